The maximum Gasteiger partial charge on any atom is 0.226 e. The maximum absolute atomic E-state index is 12.2. The van der Waals surface area contributed by atoms with Gasteiger partial charge in [-0.2, -0.15) is 0 Å². The first-order valence-corrected chi connectivity index (χ1v) is 9.48. The largest absolute Gasteiger partial charge is 0.354 e. The van der Waals surface area contributed by atoms with Crippen molar-refractivity contribution in [3.05, 3.63) is 47.6 Å². The Morgan fingerprint density at radius 2 is 1.88 bits per heavy atom. The normalized spacial score (nSPS) is 11.0. The zero-order chi connectivity index (χ0) is 18.5. The van der Waals surface area contributed by atoms with Gasteiger partial charge < -0.3 is 10.6 Å². The lowest BCUT2D eigenvalue weighted by Gasteiger charge is -2.08. The van der Waals surface area contributed by atoms with Crippen LogP contribution in [0.2, 0.25) is 0 Å². The van der Waals surface area contributed by atoms with Crippen molar-refractivity contribution in [2.75, 3.05) is 13.1 Å². The number of carbonyl (C=O) groups excluding carboxylic acids is 2. The molecule has 0 radical (unpaired) electrons. The molecule has 0 saturated carbocycles. The molecule has 2 aromatic heterocycles. The third-order valence-corrected chi connectivity index (χ3v) is 4.85. The van der Waals surface area contributed by atoms with E-state index < -0.39 is 0 Å². The SMILES string of the molecule is CC(C)C(=O)NCCNC(=O)Cc1csc2nc(-c3ccccc3)cn12. The van der Waals surface area contributed by atoms with E-state index in [1.165, 1.54) is 11.3 Å². The van der Waals surface area contributed by atoms with Gasteiger partial charge in [0.15, 0.2) is 4.96 Å². The summed E-state index contributed by atoms with van der Waals surface area (Å²) in [5.41, 5.74) is 2.86. The number of nitrogens with zero attached hydrogens (tertiary/aromatic N) is 2. The van der Waals surface area contributed by atoms with Gasteiger partial charge in [-0.1, -0.05) is 44.2 Å². The van der Waals surface area contributed by atoms with E-state index in [0.29, 0.717) is 13.1 Å². The molecule has 3 aromatic rings. The topological polar surface area (TPSA) is 75.5 Å². The predicted molar refractivity (Wildman–Crippen MR) is 103 cm³/mol. The Bertz CT molecular complexity index is 899. The third-order valence-electron chi connectivity index (χ3n) is 3.97. The van der Waals surface area contributed by atoms with Crippen molar-refractivity contribution in [2.24, 2.45) is 5.92 Å². The number of rotatable bonds is 7. The minimum Gasteiger partial charge on any atom is -0.354 e. The minimum atomic E-state index is -0.0709. The molecule has 0 bridgehead atoms. The summed E-state index contributed by atoms with van der Waals surface area (Å²) in [6, 6.07) is 9.97. The highest BCUT2D eigenvalue weighted by Crippen LogP contribution is 2.23. The summed E-state index contributed by atoms with van der Waals surface area (Å²) >= 11 is 1.52. The lowest BCUT2D eigenvalue weighted by Crippen LogP contribution is -2.37. The molecule has 0 aliphatic carbocycles. The smallest absolute Gasteiger partial charge is 0.226 e. The Kier molecular flexibility index (Phi) is 5.68. The second-order valence-electron chi connectivity index (χ2n) is 6.34. The molecule has 2 N–H and O–H groups in total. The summed E-state index contributed by atoms with van der Waals surface area (Å²) in [6.07, 6.45) is 2.25. The summed E-state index contributed by atoms with van der Waals surface area (Å²) in [4.78, 5) is 29.1. The van der Waals surface area contributed by atoms with Gasteiger partial charge in [-0.3, -0.25) is 14.0 Å². The van der Waals surface area contributed by atoms with Crippen LogP contribution in [0.15, 0.2) is 41.9 Å². The number of carbonyl (C=O) groups is 2. The highest BCUT2D eigenvalue weighted by atomic mass is 32.1. The molecule has 0 spiro atoms. The molecule has 0 atom stereocenters. The second kappa shape index (κ2) is 8.14. The third kappa shape index (κ3) is 4.29. The van der Waals surface area contributed by atoms with Crippen LogP contribution >= 0.6 is 11.3 Å². The van der Waals surface area contributed by atoms with Crippen LogP contribution in [0.4, 0.5) is 0 Å². The Hall–Kier alpha value is -2.67. The zero-order valence-corrected chi connectivity index (χ0v) is 15.7. The fourth-order valence-corrected chi connectivity index (χ4v) is 3.40. The Balaban J connectivity index is 1.58. The average Bonchev–Trinajstić information content (AvgIpc) is 3.21. The van der Waals surface area contributed by atoms with Crippen LogP contribution in [-0.4, -0.2) is 34.3 Å². The quantitative estimate of drug-likeness (QED) is 0.628. The Morgan fingerprint density at radius 1 is 1.15 bits per heavy atom. The minimum absolute atomic E-state index is 0.00866. The first-order chi connectivity index (χ1) is 12.5. The summed E-state index contributed by atoms with van der Waals surface area (Å²) in [5, 5.41) is 7.57. The second-order valence-corrected chi connectivity index (χ2v) is 7.18. The van der Waals surface area contributed by atoms with Gasteiger partial charge in [0.05, 0.1) is 12.1 Å². The van der Waals surface area contributed by atoms with E-state index in [0.717, 1.165) is 21.9 Å². The lowest BCUT2D eigenvalue weighted by molar-refractivity contribution is -0.124. The van der Waals surface area contributed by atoms with E-state index in [1.807, 2.05) is 60.2 Å². The van der Waals surface area contributed by atoms with Crippen LogP contribution in [0.5, 0.6) is 0 Å². The van der Waals surface area contributed by atoms with Crippen LogP contribution in [0.25, 0.3) is 16.2 Å². The number of fused-ring (bicyclic) bond motifs is 1. The van der Waals surface area contributed by atoms with Gasteiger partial charge in [-0.05, 0) is 0 Å². The summed E-state index contributed by atoms with van der Waals surface area (Å²) in [6.45, 7) is 4.53. The molecule has 0 aliphatic rings. The number of aromatic nitrogens is 2. The van der Waals surface area contributed by atoms with Crippen LogP contribution in [0.3, 0.4) is 0 Å². The predicted octanol–water partition coefficient (Wildman–Crippen LogP) is 2.49. The fraction of sp³-hybridized carbons (Fsp3) is 0.316. The van der Waals surface area contributed by atoms with Crippen LogP contribution in [0, 0.1) is 5.92 Å². The van der Waals surface area contributed by atoms with Crippen molar-refractivity contribution in [3.8, 4) is 11.3 Å². The number of nitrogens with one attached hydrogen (secondary N) is 2. The Morgan fingerprint density at radius 3 is 2.62 bits per heavy atom. The molecule has 7 heteroatoms. The highest BCUT2D eigenvalue weighted by Gasteiger charge is 2.12. The number of imidazole rings is 1. The molecule has 26 heavy (non-hydrogen) atoms. The molecule has 0 fully saturated rings. The molecule has 0 aliphatic heterocycles. The van der Waals surface area contributed by atoms with Crippen molar-refractivity contribution >= 4 is 28.1 Å². The van der Waals surface area contributed by atoms with Crippen molar-refractivity contribution in [3.63, 3.8) is 0 Å². The molecule has 136 valence electrons. The summed E-state index contributed by atoms with van der Waals surface area (Å²) < 4.78 is 1.97. The molecule has 2 heterocycles. The van der Waals surface area contributed by atoms with Gasteiger partial charge in [-0.15, -0.1) is 11.3 Å². The maximum atomic E-state index is 12.2. The summed E-state index contributed by atoms with van der Waals surface area (Å²) in [7, 11) is 0. The molecule has 0 unspecified atom stereocenters. The number of hydrogen-bond donors (Lipinski definition) is 2. The van der Waals surface area contributed by atoms with Gasteiger partial charge in [0, 0.05) is 41.8 Å². The van der Waals surface area contributed by atoms with Gasteiger partial charge in [0.25, 0.3) is 0 Å². The number of thiazole rings is 1. The van der Waals surface area contributed by atoms with Crippen molar-refractivity contribution < 1.29 is 9.59 Å². The monoisotopic (exact) mass is 370 g/mol. The first kappa shape index (κ1) is 18.1. The zero-order valence-electron chi connectivity index (χ0n) is 14.9. The molecule has 6 nitrogen and oxygen atoms in total. The average molecular weight is 370 g/mol. The molecular weight excluding hydrogens is 348 g/mol. The lowest BCUT2D eigenvalue weighted by atomic mass is 10.2. The number of hydrogen-bond acceptors (Lipinski definition) is 4. The fourth-order valence-electron chi connectivity index (χ4n) is 2.52. The number of amides is 2. The van der Waals surface area contributed by atoms with E-state index in [2.05, 4.69) is 15.6 Å². The van der Waals surface area contributed by atoms with Gasteiger partial charge in [-0.25, -0.2) is 4.98 Å². The van der Waals surface area contributed by atoms with Gasteiger partial charge in [0.2, 0.25) is 11.8 Å². The van der Waals surface area contributed by atoms with Crippen LogP contribution in [0.1, 0.15) is 19.5 Å². The first-order valence-electron chi connectivity index (χ1n) is 8.60. The van der Waals surface area contributed by atoms with E-state index in [4.69, 9.17) is 0 Å². The van der Waals surface area contributed by atoms with Crippen LogP contribution in [-0.2, 0) is 16.0 Å². The van der Waals surface area contributed by atoms with E-state index in [9.17, 15) is 9.59 Å². The molecular formula is C19H22N4O2S. The van der Waals surface area contributed by atoms with Crippen molar-refractivity contribution in [2.45, 2.75) is 20.3 Å². The van der Waals surface area contributed by atoms with E-state index >= 15 is 0 Å². The van der Waals surface area contributed by atoms with Crippen molar-refractivity contribution in [1.29, 1.82) is 0 Å². The molecule has 3 rings (SSSR count). The van der Waals surface area contributed by atoms with Gasteiger partial charge >= 0.3 is 0 Å². The highest BCUT2D eigenvalue weighted by molar-refractivity contribution is 7.15. The van der Waals surface area contributed by atoms with Crippen LogP contribution < -0.4 is 10.6 Å². The molecule has 2 amide bonds. The van der Waals surface area contributed by atoms with Gasteiger partial charge in [0.1, 0.15) is 0 Å². The molecule has 0 saturated heterocycles. The standard InChI is InChI=1S/C19H22N4O2S/c1-13(2)18(25)21-9-8-20-17(24)10-15-12-26-19-22-16(11-23(15)19)14-6-4-3-5-7-14/h3-7,11-13H,8-10H2,1-2H3,(H,20,24)(H,21,25). The number of benzene rings is 1. The van der Waals surface area contributed by atoms with Crippen molar-refractivity contribution in [1.82, 2.24) is 20.0 Å². The van der Waals surface area contributed by atoms with E-state index in [-0.39, 0.29) is 24.2 Å². The van der Waals surface area contributed by atoms with E-state index in [1.54, 1.807) is 0 Å². The molecule has 1 aromatic carbocycles. The summed E-state index contributed by atoms with van der Waals surface area (Å²) in [5.74, 6) is -0.131. The Labute approximate surface area is 156 Å².